The Morgan fingerprint density at radius 2 is 2.00 bits per heavy atom. The molecule has 2 N–H and O–H groups in total. The predicted molar refractivity (Wildman–Crippen MR) is 62.3 cm³/mol. The molecule has 0 aliphatic carbocycles. The van der Waals surface area contributed by atoms with Crippen molar-refractivity contribution < 1.29 is 19.2 Å². The number of nitrogens with zero attached hydrogens (tertiary/aromatic N) is 1. The van der Waals surface area contributed by atoms with Crippen molar-refractivity contribution in [3.05, 3.63) is 28.3 Å². The van der Waals surface area contributed by atoms with Crippen LogP contribution in [0.5, 0.6) is 5.75 Å². The summed E-state index contributed by atoms with van der Waals surface area (Å²) in [4.78, 5) is 32.3. The van der Waals surface area contributed by atoms with Crippen LogP contribution in [0.4, 0.5) is 11.4 Å². The maximum Gasteiger partial charge on any atom is 0.313 e. The number of methoxy groups -OCH3 is 1. The molecular formula is C10H11N3O5. The van der Waals surface area contributed by atoms with Gasteiger partial charge in [0.05, 0.1) is 23.8 Å². The van der Waals surface area contributed by atoms with Gasteiger partial charge in [0.2, 0.25) is 0 Å². The van der Waals surface area contributed by atoms with E-state index in [1.807, 2.05) is 0 Å². The third-order valence-corrected chi connectivity index (χ3v) is 2.08. The Morgan fingerprint density at radius 1 is 1.33 bits per heavy atom. The number of nitro benzene ring substituents is 1. The molecule has 8 nitrogen and oxygen atoms in total. The number of rotatable bonds is 3. The molecule has 0 aliphatic heterocycles. The number of carbonyl (C=O) groups excluding carboxylic acids is 2. The first kappa shape index (κ1) is 13.4. The number of amides is 2. The Labute approximate surface area is 102 Å². The Morgan fingerprint density at radius 3 is 2.50 bits per heavy atom. The van der Waals surface area contributed by atoms with Crippen LogP contribution < -0.4 is 15.4 Å². The molecule has 0 saturated carbocycles. The molecular weight excluding hydrogens is 242 g/mol. The lowest BCUT2D eigenvalue weighted by Gasteiger charge is -2.08. The summed E-state index contributed by atoms with van der Waals surface area (Å²) in [5.41, 5.74) is 0.00138. The number of nitro groups is 1. The van der Waals surface area contributed by atoms with E-state index in [-0.39, 0.29) is 17.1 Å². The number of hydrogen-bond donors (Lipinski definition) is 2. The van der Waals surface area contributed by atoms with Crippen LogP contribution in [0, 0.1) is 10.1 Å². The zero-order chi connectivity index (χ0) is 13.7. The number of anilines is 1. The molecule has 8 heteroatoms. The van der Waals surface area contributed by atoms with Gasteiger partial charge in [-0.3, -0.25) is 19.7 Å². The monoisotopic (exact) mass is 253 g/mol. The van der Waals surface area contributed by atoms with Crippen LogP contribution in [0.15, 0.2) is 18.2 Å². The summed E-state index contributed by atoms with van der Waals surface area (Å²) < 4.78 is 4.90. The highest BCUT2D eigenvalue weighted by Gasteiger charge is 2.16. The molecule has 0 radical (unpaired) electrons. The normalized spacial score (nSPS) is 9.44. The van der Waals surface area contributed by atoms with Gasteiger partial charge < -0.3 is 15.4 Å². The van der Waals surface area contributed by atoms with E-state index >= 15 is 0 Å². The minimum atomic E-state index is -0.885. The van der Waals surface area contributed by atoms with Crippen molar-refractivity contribution in [3.63, 3.8) is 0 Å². The van der Waals surface area contributed by atoms with Gasteiger partial charge in [-0.05, 0) is 6.07 Å². The molecule has 1 aromatic rings. The van der Waals surface area contributed by atoms with Crippen LogP contribution in [0.3, 0.4) is 0 Å². The topological polar surface area (TPSA) is 111 Å². The molecule has 0 fully saturated rings. The molecule has 0 heterocycles. The van der Waals surface area contributed by atoms with Gasteiger partial charge in [0.15, 0.2) is 0 Å². The zero-order valence-corrected chi connectivity index (χ0v) is 9.72. The van der Waals surface area contributed by atoms with Gasteiger partial charge in [-0.2, -0.15) is 0 Å². The molecule has 2 amide bonds. The third kappa shape index (κ3) is 2.94. The van der Waals surface area contributed by atoms with Gasteiger partial charge in [0.25, 0.3) is 5.69 Å². The molecule has 0 bridgehead atoms. The van der Waals surface area contributed by atoms with Crippen LogP contribution in [0.25, 0.3) is 0 Å². The summed E-state index contributed by atoms with van der Waals surface area (Å²) >= 11 is 0. The number of likely N-dealkylation sites (N-methyl/N-ethyl adjacent to an activating group) is 1. The summed E-state index contributed by atoms with van der Waals surface area (Å²) in [5.74, 6) is -1.61. The first-order valence-electron chi connectivity index (χ1n) is 4.85. The lowest BCUT2D eigenvalue weighted by Crippen LogP contribution is -2.32. The first-order chi connectivity index (χ1) is 8.49. The summed E-state index contributed by atoms with van der Waals surface area (Å²) in [6.07, 6.45) is 0. The van der Waals surface area contributed by atoms with Crippen molar-refractivity contribution in [2.45, 2.75) is 0 Å². The largest absolute Gasteiger partial charge is 0.494 e. The maximum atomic E-state index is 11.3. The van der Waals surface area contributed by atoms with E-state index in [2.05, 4.69) is 10.6 Å². The van der Waals surface area contributed by atoms with E-state index < -0.39 is 16.7 Å². The minimum Gasteiger partial charge on any atom is -0.494 e. The van der Waals surface area contributed by atoms with E-state index in [4.69, 9.17) is 4.74 Å². The predicted octanol–water partition coefficient (Wildman–Crippen LogP) is 0.288. The number of hydrogen-bond acceptors (Lipinski definition) is 5. The Kier molecular flexibility index (Phi) is 4.19. The van der Waals surface area contributed by atoms with Gasteiger partial charge in [-0.25, -0.2) is 0 Å². The van der Waals surface area contributed by atoms with Crippen LogP contribution >= 0.6 is 0 Å². The third-order valence-electron chi connectivity index (χ3n) is 2.08. The average Bonchev–Trinajstić information content (AvgIpc) is 2.37. The van der Waals surface area contributed by atoms with Gasteiger partial charge in [-0.1, -0.05) is 0 Å². The van der Waals surface area contributed by atoms with E-state index in [9.17, 15) is 19.7 Å². The number of ether oxygens (including phenoxy) is 1. The van der Waals surface area contributed by atoms with Crippen LogP contribution in [-0.4, -0.2) is 30.9 Å². The average molecular weight is 253 g/mol. The molecule has 0 atom stereocenters. The number of non-ortho nitro benzene ring substituents is 1. The number of carbonyl (C=O) groups is 2. The molecule has 0 unspecified atom stereocenters. The maximum absolute atomic E-state index is 11.3. The highest BCUT2D eigenvalue weighted by molar-refractivity contribution is 6.39. The lowest BCUT2D eigenvalue weighted by molar-refractivity contribution is -0.384. The number of benzene rings is 1. The standard InChI is InChI=1S/C10H11N3O5/c1-11-9(14)10(15)12-7-4-3-6(13(16)17)5-8(7)18-2/h3-5H,1-2H3,(H,11,14)(H,12,15). The molecule has 0 aliphatic rings. The van der Waals surface area contributed by atoms with Crippen molar-refractivity contribution in [3.8, 4) is 5.75 Å². The number of nitrogens with one attached hydrogen (secondary N) is 2. The molecule has 96 valence electrons. The molecule has 0 aromatic heterocycles. The molecule has 0 saturated heterocycles. The fourth-order valence-electron chi connectivity index (χ4n) is 1.19. The van der Waals surface area contributed by atoms with Gasteiger partial charge in [0.1, 0.15) is 5.75 Å². The fourth-order valence-corrected chi connectivity index (χ4v) is 1.19. The summed E-state index contributed by atoms with van der Waals surface area (Å²) in [5, 5.41) is 15.0. The van der Waals surface area contributed by atoms with Crippen molar-refractivity contribution in [2.24, 2.45) is 0 Å². The highest BCUT2D eigenvalue weighted by Crippen LogP contribution is 2.28. The van der Waals surface area contributed by atoms with Crippen molar-refractivity contribution in [2.75, 3.05) is 19.5 Å². The van der Waals surface area contributed by atoms with Crippen LogP contribution in [0.2, 0.25) is 0 Å². The lowest BCUT2D eigenvalue weighted by atomic mass is 10.2. The molecule has 0 spiro atoms. The Hall–Kier alpha value is -2.64. The Bertz CT molecular complexity index is 500. The molecule has 18 heavy (non-hydrogen) atoms. The van der Waals surface area contributed by atoms with E-state index in [1.165, 1.54) is 26.3 Å². The first-order valence-corrected chi connectivity index (χ1v) is 4.85. The van der Waals surface area contributed by atoms with Gasteiger partial charge in [0, 0.05) is 13.1 Å². The SMILES string of the molecule is CNC(=O)C(=O)Nc1ccc([N+](=O)[O-])cc1OC. The van der Waals surface area contributed by atoms with E-state index in [0.29, 0.717) is 0 Å². The van der Waals surface area contributed by atoms with Crippen LogP contribution in [-0.2, 0) is 9.59 Å². The highest BCUT2D eigenvalue weighted by atomic mass is 16.6. The Balaban J connectivity index is 2.99. The smallest absolute Gasteiger partial charge is 0.313 e. The summed E-state index contributed by atoms with van der Waals surface area (Å²) in [7, 11) is 2.61. The zero-order valence-electron chi connectivity index (χ0n) is 9.72. The van der Waals surface area contributed by atoms with Crippen LogP contribution in [0.1, 0.15) is 0 Å². The van der Waals surface area contributed by atoms with Gasteiger partial charge >= 0.3 is 11.8 Å². The van der Waals surface area contributed by atoms with Crippen molar-refractivity contribution in [1.82, 2.24) is 5.32 Å². The van der Waals surface area contributed by atoms with Crippen molar-refractivity contribution in [1.29, 1.82) is 0 Å². The van der Waals surface area contributed by atoms with Gasteiger partial charge in [-0.15, -0.1) is 0 Å². The van der Waals surface area contributed by atoms with Crippen molar-refractivity contribution >= 4 is 23.2 Å². The second-order valence-electron chi connectivity index (χ2n) is 3.17. The second kappa shape index (κ2) is 5.62. The molecule has 1 rings (SSSR count). The minimum absolute atomic E-state index is 0.0986. The summed E-state index contributed by atoms with van der Waals surface area (Å²) in [6.45, 7) is 0. The second-order valence-corrected chi connectivity index (χ2v) is 3.17. The van der Waals surface area contributed by atoms with E-state index in [0.717, 1.165) is 6.07 Å². The summed E-state index contributed by atoms with van der Waals surface area (Å²) in [6, 6.07) is 3.64. The molecule has 1 aromatic carbocycles. The quantitative estimate of drug-likeness (QED) is 0.457. The van der Waals surface area contributed by atoms with E-state index in [1.54, 1.807) is 0 Å². The fraction of sp³-hybridized carbons (Fsp3) is 0.200.